The van der Waals surface area contributed by atoms with Crippen LogP contribution in [-0.4, -0.2) is 78.0 Å². The molecule has 0 aromatic heterocycles. The van der Waals surface area contributed by atoms with Crippen LogP contribution in [0.25, 0.3) is 0 Å². The fourth-order valence-electron chi connectivity index (χ4n) is 5.11. The first-order chi connectivity index (χ1) is 14.8. The molecule has 2 heterocycles. The summed E-state index contributed by atoms with van der Waals surface area (Å²) in [6.07, 6.45) is 11.8. The van der Waals surface area contributed by atoms with Gasteiger partial charge in [0.05, 0.1) is 0 Å². The van der Waals surface area contributed by atoms with Crippen molar-refractivity contribution in [2.45, 2.75) is 79.1 Å². The summed E-state index contributed by atoms with van der Waals surface area (Å²) in [6.45, 7) is 17.5. The first kappa shape index (κ1) is 26.1. The second-order valence-electron chi connectivity index (χ2n) is 12.1. The van der Waals surface area contributed by atoms with Crippen LogP contribution >= 0.6 is 22.2 Å². The Balaban J connectivity index is 0.000000176. The Morgan fingerprint density at radius 2 is 1.16 bits per heavy atom. The van der Waals surface area contributed by atoms with Crippen LogP contribution in [0.15, 0.2) is 0 Å². The van der Waals surface area contributed by atoms with Crippen molar-refractivity contribution in [3.8, 4) is 0 Å². The first-order valence-corrected chi connectivity index (χ1v) is 16.2. The van der Waals surface area contributed by atoms with Crippen molar-refractivity contribution in [3.05, 3.63) is 0 Å². The smallest absolute Gasteiger partial charge is 0.00729 e. The van der Waals surface area contributed by atoms with Gasteiger partial charge in [0, 0.05) is 62.3 Å². The van der Waals surface area contributed by atoms with Gasteiger partial charge in [0.1, 0.15) is 0 Å². The fraction of sp³-hybridized carbons (Fsp3) is 0.963. The van der Waals surface area contributed by atoms with E-state index in [2.05, 4.69) is 55.1 Å². The van der Waals surface area contributed by atoms with Gasteiger partial charge in [-0.15, -0.1) is 0 Å². The maximum absolute atomic E-state index is 4.20. The Morgan fingerprint density at radius 1 is 0.742 bits per heavy atom. The van der Waals surface area contributed by atoms with E-state index in [4.69, 9.17) is 0 Å². The second-order valence-corrected chi connectivity index (χ2v) is 15.3. The SMILES string of the molecule is C=S1CCN(CC2(CCC(C)C)CC2)CC1.CC(C)CCC1(CN2CCSCC2)CC1. The van der Waals surface area contributed by atoms with Crippen LogP contribution in [0.4, 0.5) is 0 Å². The zero-order chi connectivity index (χ0) is 22.3. The molecule has 4 fully saturated rings. The molecule has 0 aromatic carbocycles. The zero-order valence-corrected chi connectivity index (χ0v) is 22.9. The topological polar surface area (TPSA) is 6.48 Å². The number of rotatable bonds is 10. The molecule has 2 saturated carbocycles. The molecular formula is C27H52N2S2. The number of hydrogen-bond donors (Lipinski definition) is 0. The van der Waals surface area contributed by atoms with Crippen molar-refractivity contribution in [3.63, 3.8) is 0 Å². The van der Waals surface area contributed by atoms with Crippen molar-refractivity contribution in [2.75, 3.05) is 62.3 Å². The minimum Gasteiger partial charge on any atom is -0.301 e. The van der Waals surface area contributed by atoms with Gasteiger partial charge in [0.2, 0.25) is 0 Å². The van der Waals surface area contributed by atoms with Crippen LogP contribution in [0.2, 0.25) is 0 Å². The number of hydrogen-bond acceptors (Lipinski definition) is 3. The van der Waals surface area contributed by atoms with E-state index in [1.165, 1.54) is 114 Å². The van der Waals surface area contributed by atoms with E-state index in [1.807, 2.05) is 0 Å². The predicted molar refractivity (Wildman–Crippen MR) is 146 cm³/mol. The molecule has 31 heavy (non-hydrogen) atoms. The fourth-order valence-corrected chi connectivity index (χ4v) is 7.33. The Kier molecular flexibility index (Phi) is 10.3. The third-order valence-corrected chi connectivity index (χ3v) is 10.5. The highest BCUT2D eigenvalue weighted by Gasteiger charge is 2.44. The molecule has 0 N–H and O–H groups in total. The second kappa shape index (κ2) is 12.3. The van der Waals surface area contributed by atoms with Gasteiger partial charge < -0.3 is 9.80 Å². The van der Waals surface area contributed by atoms with E-state index in [-0.39, 0.29) is 0 Å². The number of nitrogens with zero attached hydrogens (tertiary/aromatic N) is 2. The van der Waals surface area contributed by atoms with Crippen LogP contribution in [-0.2, 0) is 0 Å². The van der Waals surface area contributed by atoms with Crippen molar-refractivity contribution in [1.29, 1.82) is 0 Å². The molecule has 4 rings (SSSR count). The average Bonchev–Trinajstić information content (AvgIpc) is 3.67. The zero-order valence-electron chi connectivity index (χ0n) is 21.3. The Bertz CT molecular complexity index is 535. The molecule has 0 aromatic rings. The van der Waals surface area contributed by atoms with Gasteiger partial charge in [0.25, 0.3) is 0 Å². The summed E-state index contributed by atoms with van der Waals surface area (Å²) in [6, 6.07) is 0. The van der Waals surface area contributed by atoms with Crippen LogP contribution in [0.3, 0.4) is 0 Å². The summed E-state index contributed by atoms with van der Waals surface area (Å²) < 4.78 is 0. The van der Waals surface area contributed by atoms with Crippen LogP contribution in [0.5, 0.6) is 0 Å². The molecule has 0 bridgehead atoms. The van der Waals surface area contributed by atoms with Crippen molar-refractivity contribution in [1.82, 2.24) is 9.80 Å². The maximum atomic E-state index is 4.20. The summed E-state index contributed by atoms with van der Waals surface area (Å²) in [7, 11) is 0.478. The lowest BCUT2D eigenvalue weighted by Gasteiger charge is -2.32. The maximum Gasteiger partial charge on any atom is 0.00729 e. The van der Waals surface area contributed by atoms with Crippen molar-refractivity contribution in [2.24, 2.45) is 22.7 Å². The molecule has 2 aliphatic heterocycles. The Hall–Kier alpha value is 0.490. The van der Waals surface area contributed by atoms with E-state index in [0.717, 1.165) is 22.7 Å². The summed E-state index contributed by atoms with van der Waals surface area (Å²) in [5.41, 5.74) is 1.49. The normalized spacial score (nSPS) is 26.0. The van der Waals surface area contributed by atoms with Crippen LogP contribution in [0, 0.1) is 22.7 Å². The molecule has 2 aliphatic carbocycles. The molecule has 0 radical (unpaired) electrons. The van der Waals surface area contributed by atoms with Gasteiger partial charge >= 0.3 is 0 Å². The third kappa shape index (κ3) is 9.71. The van der Waals surface area contributed by atoms with Gasteiger partial charge in [-0.25, -0.2) is 0 Å². The highest BCUT2D eigenvalue weighted by molar-refractivity contribution is 8.14. The first-order valence-electron chi connectivity index (χ1n) is 13.3. The van der Waals surface area contributed by atoms with Gasteiger partial charge in [0.15, 0.2) is 0 Å². The molecule has 0 unspecified atom stereocenters. The summed E-state index contributed by atoms with van der Waals surface area (Å²) in [4.78, 5) is 5.42. The standard InChI is InChI=1S/C14H27NS.C13H25NS/c1-13(2)4-5-14(6-7-14)12-15-8-10-16(3)11-9-15;1-12(2)3-4-13(5-6-13)11-14-7-9-15-10-8-14/h13H,3-12H2,1-2H3;12H,3-11H2,1-2H3. The molecule has 4 heteroatoms. The lowest BCUT2D eigenvalue weighted by molar-refractivity contribution is 0.223. The largest absolute Gasteiger partial charge is 0.301 e. The Labute approximate surface area is 201 Å². The average molecular weight is 469 g/mol. The summed E-state index contributed by atoms with van der Waals surface area (Å²) >= 11 is 2.12. The van der Waals surface area contributed by atoms with E-state index in [0.29, 0.717) is 10.5 Å². The predicted octanol–water partition coefficient (Wildman–Crippen LogP) is 6.47. The molecule has 2 saturated heterocycles. The van der Waals surface area contributed by atoms with Crippen LogP contribution in [0.1, 0.15) is 79.1 Å². The molecule has 0 atom stereocenters. The quantitative estimate of drug-likeness (QED) is 0.339. The molecule has 0 amide bonds. The monoisotopic (exact) mass is 468 g/mol. The minimum atomic E-state index is 0.478. The highest BCUT2D eigenvalue weighted by Crippen LogP contribution is 2.51. The van der Waals surface area contributed by atoms with Gasteiger partial charge in [-0.2, -0.15) is 22.2 Å². The molecular weight excluding hydrogens is 416 g/mol. The van der Waals surface area contributed by atoms with E-state index in [9.17, 15) is 0 Å². The van der Waals surface area contributed by atoms with Crippen molar-refractivity contribution < 1.29 is 0 Å². The summed E-state index contributed by atoms with van der Waals surface area (Å²) in [5.74, 6) is 11.4. The van der Waals surface area contributed by atoms with E-state index < -0.39 is 0 Å². The van der Waals surface area contributed by atoms with E-state index in [1.54, 1.807) is 0 Å². The van der Waals surface area contributed by atoms with Gasteiger partial charge in [-0.1, -0.05) is 46.4 Å². The Morgan fingerprint density at radius 3 is 1.55 bits per heavy atom. The summed E-state index contributed by atoms with van der Waals surface area (Å²) in [5, 5.41) is 0. The molecule has 4 aliphatic rings. The van der Waals surface area contributed by atoms with Crippen molar-refractivity contribution >= 4 is 28.1 Å². The highest BCUT2D eigenvalue weighted by atomic mass is 32.2. The molecule has 182 valence electrons. The minimum absolute atomic E-state index is 0.478. The lowest BCUT2D eigenvalue weighted by atomic mass is 9.94. The van der Waals surface area contributed by atoms with Gasteiger partial charge in [-0.05, 0) is 61.2 Å². The third-order valence-electron chi connectivity index (χ3n) is 8.03. The van der Waals surface area contributed by atoms with E-state index >= 15 is 0 Å². The number of thioether (sulfide) groups is 1. The molecule has 2 nitrogen and oxygen atoms in total. The lowest BCUT2D eigenvalue weighted by Crippen LogP contribution is -2.37. The van der Waals surface area contributed by atoms with Gasteiger partial charge in [-0.3, -0.25) is 0 Å². The molecule has 0 spiro atoms. The van der Waals surface area contributed by atoms with Crippen LogP contribution < -0.4 is 0 Å².